The van der Waals surface area contributed by atoms with Gasteiger partial charge in [0.15, 0.2) is 13.2 Å². The molecule has 0 aromatic rings. The summed E-state index contributed by atoms with van der Waals surface area (Å²) in [5.41, 5.74) is 0. The van der Waals surface area contributed by atoms with Crippen LogP contribution < -0.4 is 0 Å². The fourth-order valence-electron chi connectivity index (χ4n) is 3.53. The monoisotopic (exact) mass is 1070 g/mol. The number of alkyl halides is 38. The van der Waals surface area contributed by atoms with Gasteiger partial charge in [-0.25, -0.2) is 0 Å². The summed E-state index contributed by atoms with van der Waals surface area (Å²) in [4.78, 5) is 22.6. The molecule has 0 spiro atoms. The molecule has 0 N–H and O–H groups in total. The second kappa shape index (κ2) is 15.9. The van der Waals surface area contributed by atoms with E-state index in [0.29, 0.717) is 0 Å². The van der Waals surface area contributed by atoms with Crippen molar-refractivity contribution in [2.75, 3.05) is 13.2 Å². The molecule has 0 unspecified atom stereocenters. The zero-order valence-corrected chi connectivity index (χ0v) is 28.1. The van der Waals surface area contributed by atoms with E-state index in [1.54, 1.807) is 0 Å². The van der Waals surface area contributed by atoms with E-state index >= 15 is 0 Å². The molecular weight excluding hydrogens is 1060 g/mol. The second-order valence-corrected chi connectivity index (χ2v) is 11.9. The molecule has 0 rings (SSSR count). The molecule has 0 aromatic carbocycles. The maximum atomic E-state index is 13.8. The van der Waals surface area contributed by atoms with Gasteiger partial charge in [-0.05, 0) is 0 Å². The van der Waals surface area contributed by atoms with Crippen molar-refractivity contribution in [2.45, 2.75) is 114 Å². The van der Waals surface area contributed by atoms with Gasteiger partial charge in [-0.1, -0.05) is 0 Å². The smallest absolute Gasteiger partial charge is 0.459 e. The molecule has 388 valence electrons. The van der Waals surface area contributed by atoms with E-state index in [1.165, 1.54) is 0 Å². The molecule has 0 aliphatic heterocycles. The predicted octanol–water partition coefficient (Wildman–Crippen LogP) is 11.8. The molecule has 0 aromatic heterocycles. The Morgan fingerprint density at radius 1 is 0.231 bits per heavy atom. The lowest BCUT2D eigenvalue weighted by atomic mass is 9.87. The van der Waals surface area contributed by atoms with Gasteiger partial charge in [0, 0.05) is 0 Å². The Morgan fingerprint density at radius 2 is 0.369 bits per heavy atom. The highest BCUT2D eigenvalue weighted by molar-refractivity contribution is 5.91. The van der Waals surface area contributed by atoms with Crippen LogP contribution in [0.5, 0.6) is 0 Å². The van der Waals surface area contributed by atoms with E-state index < -0.39 is 139 Å². The normalized spacial score (nSPS) is 16.5. The number of carbonyl (C=O) groups excluding carboxylic acids is 2. The summed E-state index contributed by atoms with van der Waals surface area (Å²) in [6, 6.07) is 0. The quantitative estimate of drug-likeness (QED) is 0.0693. The standard InChI is InChI=1S/C23H6F38O4/c24-6(25,8(28,29)10(32,33)12(36,37)14(40,41)16(44,45)18(48,49)20(52,53)22(56,57)58)2-64-4(62)1-5(63)65-3-7(26,27)9(30,31)11(34,35)13(38,39)15(42,43)17(46,47)19(50,51)21(54,55)23(59,60)61/h1-3H2. The Morgan fingerprint density at radius 3 is 0.523 bits per heavy atom. The molecule has 65 heavy (non-hydrogen) atoms. The summed E-state index contributed by atoms with van der Waals surface area (Å²) in [5.74, 6) is -150. The SMILES string of the molecule is O=C(CC(=O)OCC(F)(F)C(F)(F)C(F)(F)C(F)(F)C(F)(F)C(F)(F)C(F)(F)C(F)(F)C(F)(F)F)OCC(F)(F)C(F)(F)C(F)(F)C(F)(F)C(F)(F)C(F)(F)C(F)(F)C(F)(F)C(F)(F)F. The first-order valence-electron chi connectivity index (χ1n) is 14.0. The third-order valence-electron chi connectivity index (χ3n) is 7.48. The number of carbonyl (C=O) groups is 2. The minimum atomic E-state index is -9.45. The number of halogens is 38. The third-order valence-corrected chi connectivity index (χ3v) is 7.48. The first kappa shape index (κ1) is 61.3. The topological polar surface area (TPSA) is 52.6 Å². The minimum Gasteiger partial charge on any atom is -0.459 e. The highest BCUT2D eigenvalue weighted by Gasteiger charge is 2.98. The van der Waals surface area contributed by atoms with Gasteiger partial charge in [0.25, 0.3) is 0 Å². The van der Waals surface area contributed by atoms with Crippen molar-refractivity contribution in [3.8, 4) is 0 Å². The molecule has 0 amide bonds. The molecule has 0 heterocycles. The van der Waals surface area contributed by atoms with Crippen LogP contribution in [0.25, 0.3) is 0 Å². The lowest BCUT2D eigenvalue weighted by Gasteiger charge is -2.43. The summed E-state index contributed by atoms with van der Waals surface area (Å²) in [6.45, 7) is -8.57. The number of hydrogen-bond acceptors (Lipinski definition) is 4. The van der Waals surface area contributed by atoms with Crippen molar-refractivity contribution in [3.63, 3.8) is 0 Å². The van der Waals surface area contributed by atoms with Gasteiger partial charge in [-0.15, -0.1) is 0 Å². The Balaban J connectivity index is 6.47. The van der Waals surface area contributed by atoms with Gasteiger partial charge in [0.2, 0.25) is 0 Å². The molecular formula is C23H6F38O4. The van der Waals surface area contributed by atoms with Crippen LogP contribution in [0.3, 0.4) is 0 Å². The van der Waals surface area contributed by atoms with Crippen LogP contribution in [0.4, 0.5) is 167 Å². The lowest BCUT2D eigenvalue weighted by molar-refractivity contribution is -0.469. The summed E-state index contributed by atoms with van der Waals surface area (Å²) in [6.07, 6.45) is -19.6. The number of ether oxygens (including phenoxy) is 2. The largest absolute Gasteiger partial charge is 0.460 e. The van der Waals surface area contributed by atoms with Crippen LogP contribution in [0.2, 0.25) is 0 Å². The van der Waals surface area contributed by atoms with Gasteiger partial charge in [-0.2, -0.15) is 167 Å². The fourth-order valence-corrected chi connectivity index (χ4v) is 3.53. The summed E-state index contributed by atoms with van der Waals surface area (Å²) < 4.78 is 511. The molecule has 0 aliphatic rings. The van der Waals surface area contributed by atoms with Gasteiger partial charge in [-0.3, -0.25) is 9.59 Å². The maximum Gasteiger partial charge on any atom is 0.460 e. The summed E-state index contributed by atoms with van der Waals surface area (Å²) in [7, 11) is 0. The molecule has 0 bridgehead atoms. The zero-order chi connectivity index (χ0) is 53.7. The minimum absolute atomic E-state index is 2.68. The maximum absolute atomic E-state index is 13.8. The first-order chi connectivity index (χ1) is 27.5. The average Bonchev–Trinajstić information content (AvgIpc) is 3.07. The molecule has 0 aliphatic carbocycles. The lowest BCUT2D eigenvalue weighted by Crippen LogP contribution is -2.76. The number of rotatable bonds is 20. The molecule has 0 atom stereocenters. The van der Waals surface area contributed by atoms with Gasteiger partial charge in [0.05, 0.1) is 0 Å². The highest BCUT2D eigenvalue weighted by atomic mass is 19.4. The third kappa shape index (κ3) is 8.38. The van der Waals surface area contributed by atoms with E-state index in [0.717, 1.165) is 0 Å². The van der Waals surface area contributed by atoms with E-state index in [1.807, 2.05) is 0 Å². The number of esters is 2. The van der Waals surface area contributed by atoms with Crippen LogP contribution in [-0.2, 0) is 19.1 Å². The Labute approximate surface area is 326 Å². The van der Waals surface area contributed by atoms with Gasteiger partial charge >= 0.3 is 119 Å². The van der Waals surface area contributed by atoms with Crippen LogP contribution in [0.15, 0.2) is 0 Å². The molecule has 0 saturated carbocycles. The van der Waals surface area contributed by atoms with Crippen LogP contribution in [0, 0.1) is 0 Å². The van der Waals surface area contributed by atoms with Crippen molar-refractivity contribution >= 4 is 11.9 Å². The summed E-state index contributed by atoms with van der Waals surface area (Å²) >= 11 is 0. The van der Waals surface area contributed by atoms with E-state index in [2.05, 4.69) is 9.47 Å². The number of hydrogen-bond donors (Lipinski definition) is 0. The van der Waals surface area contributed by atoms with E-state index in [-0.39, 0.29) is 0 Å². The fraction of sp³-hybridized carbons (Fsp3) is 0.913. The van der Waals surface area contributed by atoms with Crippen molar-refractivity contribution in [1.29, 1.82) is 0 Å². The first-order valence-corrected chi connectivity index (χ1v) is 14.0. The van der Waals surface area contributed by atoms with Gasteiger partial charge in [0.1, 0.15) is 6.42 Å². The molecule has 42 heteroatoms. The van der Waals surface area contributed by atoms with E-state index in [9.17, 15) is 176 Å². The summed E-state index contributed by atoms with van der Waals surface area (Å²) in [5, 5.41) is 0. The molecule has 0 radical (unpaired) electrons. The average molecular weight is 1070 g/mol. The Bertz CT molecular complexity index is 1610. The molecule has 0 saturated heterocycles. The van der Waals surface area contributed by atoms with Crippen molar-refractivity contribution in [3.05, 3.63) is 0 Å². The van der Waals surface area contributed by atoms with Gasteiger partial charge < -0.3 is 9.47 Å². The molecule has 4 nitrogen and oxygen atoms in total. The van der Waals surface area contributed by atoms with Crippen LogP contribution in [-0.4, -0.2) is 132 Å². The zero-order valence-electron chi connectivity index (χ0n) is 28.1. The van der Waals surface area contributed by atoms with Crippen LogP contribution in [0.1, 0.15) is 6.42 Å². The highest BCUT2D eigenvalue weighted by Crippen LogP contribution is 2.67. The van der Waals surface area contributed by atoms with Crippen molar-refractivity contribution in [2.24, 2.45) is 0 Å². The van der Waals surface area contributed by atoms with Crippen LogP contribution >= 0.6 is 0 Å². The molecule has 0 fully saturated rings. The Kier molecular flexibility index (Phi) is 15.0. The predicted molar refractivity (Wildman–Crippen MR) is 118 cm³/mol. The van der Waals surface area contributed by atoms with Crippen molar-refractivity contribution in [1.82, 2.24) is 0 Å². The Hall–Kier alpha value is -3.72. The second-order valence-electron chi connectivity index (χ2n) is 11.9. The van der Waals surface area contributed by atoms with E-state index in [4.69, 9.17) is 0 Å². The van der Waals surface area contributed by atoms with Crippen molar-refractivity contribution < 1.29 is 186 Å².